The van der Waals surface area contributed by atoms with Crippen LogP contribution in [0.2, 0.25) is 10.0 Å². The minimum Gasteiger partial charge on any atom is -0.482 e. The van der Waals surface area contributed by atoms with Gasteiger partial charge in [-0.05, 0) is 48.5 Å². The molecule has 1 amide bonds. The summed E-state index contributed by atoms with van der Waals surface area (Å²) in [7, 11) is 0. The fourth-order valence-electron chi connectivity index (χ4n) is 3.10. The van der Waals surface area contributed by atoms with Gasteiger partial charge in [0.2, 0.25) is 0 Å². The van der Waals surface area contributed by atoms with Gasteiger partial charge in [0.15, 0.2) is 6.61 Å². The van der Waals surface area contributed by atoms with Crippen LogP contribution in [0.15, 0.2) is 67.0 Å². The van der Waals surface area contributed by atoms with E-state index in [0.29, 0.717) is 21.7 Å². The minimum atomic E-state index is -4.58. The second-order valence-corrected chi connectivity index (χ2v) is 7.59. The summed E-state index contributed by atoms with van der Waals surface area (Å²) in [6, 6.07) is 14.7. The smallest absolute Gasteiger partial charge is 0.416 e. The Labute approximate surface area is 190 Å². The number of hydrogen-bond acceptors (Lipinski definition) is 3. The number of rotatable bonds is 5. The van der Waals surface area contributed by atoms with Crippen LogP contribution in [0, 0.1) is 0 Å². The predicted molar refractivity (Wildman–Crippen MR) is 117 cm³/mol. The Morgan fingerprint density at radius 2 is 1.84 bits per heavy atom. The van der Waals surface area contributed by atoms with Gasteiger partial charge in [0.05, 0.1) is 33.0 Å². The van der Waals surface area contributed by atoms with E-state index in [9.17, 15) is 18.0 Å². The summed E-state index contributed by atoms with van der Waals surface area (Å²) in [5.74, 6) is -0.447. The molecule has 0 saturated heterocycles. The molecule has 4 aromatic rings. The summed E-state index contributed by atoms with van der Waals surface area (Å²) in [5.41, 5.74) is 0.711. The maximum absolute atomic E-state index is 13.3. The van der Waals surface area contributed by atoms with Crippen molar-refractivity contribution in [3.63, 3.8) is 0 Å². The summed E-state index contributed by atoms with van der Waals surface area (Å²) in [6.45, 7) is -0.471. The zero-order valence-corrected chi connectivity index (χ0v) is 17.7. The van der Waals surface area contributed by atoms with E-state index >= 15 is 0 Å². The highest BCUT2D eigenvalue weighted by Gasteiger charge is 2.31. The maximum atomic E-state index is 13.3. The van der Waals surface area contributed by atoms with Crippen molar-refractivity contribution in [1.82, 2.24) is 9.55 Å². The summed E-state index contributed by atoms with van der Waals surface area (Å²) < 4.78 is 46.9. The van der Waals surface area contributed by atoms with Crippen LogP contribution in [-0.4, -0.2) is 22.1 Å². The van der Waals surface area contributed by atoms with Crippen molar-refractivity contribution >= 4 is 45.8 Å². The van der Waals surface area contributed by atoms with Crippen LogP contribution in [0.5, 0.6) is 5.75 Å². The van der Waals surface area contributed by atoms with Crippen LogP contribution in [0.4, 0.5) is 18.9 Å². The molecule has 0 aliphatic carbocycles. The third kappa shape index (κ3) is 4.66. The van der Waals surface area contributed by atoms with Gasteiger partial charge in [-0.3, -0.25) is 9.36 Å². The summed E-state index contributed by atoms with van der Waals surface area (Å²) in [6.07, 6.45) is -3.10. The van der Waals surface area contributed by atoms with Crippen LogP contribution in [0.3, 0.4) is 0 Å². The highest BCUT2D eigenvalue weighted by Crippen LogP contribution is 2.34. The Hall–Kier alpha value is -3.23. The second-order valence-electron chi connectivity index (χ2n) is 6.74. The zero-order chi connectivity index (χ0) is 22.9. The van der Waals surface area contributed by atoms with Crippen LogP contribution in [0.25, 0.3) is 16.7 Å². The largest absolute Gasteiger partial charge is 0.482 e. The number of halogens is 5. The van der Waals surface area contributed by atoms with Gasteiger partial charge in [-0.2, -0.15) is 13.2 Å². The molecule has 0 atom stereocenters. The number of nitrogens with zero attached hydrogens (tertiary/aromatic N) is 2. The van der Waals surface area contributed by atoms with Gasteiger partial charge >= 0.3 is 6.18 Å². The molecule has 10 heteroatoms. The number of amides is 1. The Morgan fingerprint density at radius 1 is 1.06 bits per heavy atom. The van der Waals surface area contributed by atoms with E-state index in [1.165, 1.54) is 30.6 Å². The van der Waals surface area contributed by atoms with E-state index < -0.39 is 24.3 Å². The topological polar surface area (TPSA) is 56.1 Å². The molecule has 1 N–H and O–H groups in total. The van der Waals surface area contributed by atoms with Crippen molar-refractivity contribution in [2.75, 3.05) is 11.9 Å². The van der Waals surface area contributed by atoms with Gasteiger partial charge in [0, 0.05) is 5.02 Å². The van der Waals surface area contributed by atoms with Crippen LogP contribution in [-0.2, 0) is 11.0 Å². The number of carbonyl (C=O) groups excluding carboxylic acids is 1. The minimum absolute atomic E-state index is 0.0428. The quantitative estimate of drug-likeness (QED) is 0.361. The number of aromatic nitrogens is 2. The Morgan fingerprint density at radius 3 is 2.59 bits per heavy atom. The number of anilines is 1. The average molecular weight is 480 g/mol. The van der Waals surface area contributed by atoms with Gasteiger partial charge < -0.3 is 10.1 Å². The Kier molecular flexibility index (Phi) is 5.99. The molecule has 0 aliphatic heterocycles. The van der Waals surface area contributed by atoms with Gasteiger partial charge in [0.1, 0.15) is 12.1 Å². The number of alkyl halides is 3. The monoisotopic (exact) mass is 479 g/mol. The number of imidazole rings is 1. The molecule has 0 radical (unpaired) electrons. The van der Waals surface area contributed by atoms with Gasteiger partial charge in [-0.15, -0.1) is 0 Å². The molecular formula is C22H14Cl2F3N3O2. The van der Waals surface area contributed by atoms with E-state index in [-0.39, 0.29) is 16.5 Å². The van der Waals surface area contributed by atoms with E-state index in [1.807, 2.05) is 0 Å². The van der Waals surface area contributed by atoms with Gasteiger partial charge in [0.25, 0.3) is 5.91 Å². The molecule has 32 heavy (non-hydrogen) atoms. The van der Waals surface area contributed by atoms with Crippen molar-refractivity contribution in [2.45, 2.75) is 6.18 Å². The number of hydrogen-bond donors (Lipinski definition) is 1. The molecule has 0 spiro atoms. The van der Waals surface area contributed by atoms with Crippen molar-refractivity contribution in [3.8, 4) is 11.4 Å². The van der Waals surface area contributed by atoms with E-state index in [2.05, 4.69) is 10.3 Å². The van der Waals surface area contributed by atoms with E-state index in [1.54, 1.807) is 28.8 Å². The maximum Gasteiger partial charge on any atom is 0.416 e. The molecule has 1 aromatic heterocycles. The lowest BCUT2D eigenvalue weighted by molar-refractivity contribution is -0.137. The zero-order valence-electron chi connectivity index (χ0n) is 16.2. The summed E-state index contributed by atoms with van der Waals surface area (Å²) in [4.78, 5) is 16.8. The predicted octanol–water partition coefficient (Wildman–Crippen LogP) is 6.37. The Balaban J connectivity index is 1.64. The molecule has 164 valence electrons. The molecule has 5 nitrogen and oxygen atoms in total. The summed E-state index contributed by atoms with van der Waals surface area (Å²) in [5, 5.41) is 3.10. The lowest BCUT2D eigenvalue weighted by Crippen LogP contribution is -2.21. The van der Waals surface area contributed by atoms with Crippen molar-refractivity contribution < 1.29 is 22.7 Å². The fraction of sp³-hybridized carbons (Fsp3) is 0.0909. The second kappa shape index (κ2) is 8.72. The highest BCUT2D eigenvalue weighted by atomic mass is 35.5. The molecule has 0 aliphatic rings. The third-order valence-corrected chi connectivity index (χ3v) is 5.09. The number of benzene rings is 3. The van der Waals surface area contributed by atoms with Gasteiger partial charge in [-0.25, -0.2) is 4.98 Å². The number of para-hydroxylation sites is 2. The molecule has 0 bridgehead atoms. The molecule has 0 saturated carbocycles. The van der Waals surface area contributed by atoms with Gasteiger partial charge in [-0.1, -0.05) is 35.3 Å². The first-order valence-corrected chi connectivity index (χ1v) is 9.99. The molecule has 4 rings (SSSR count). The fourth-order valence-corrected chi connectivity index (χ4v) is 3.56. The molecule has 1 heterocycles. The van der Waals surface area contributed by atoms with E-state index in [0.717, 1.165) is 12.1 Å². The van der Waals surface area contributed by atoms with Crippen molar-refractivity contribution in [2.24, 2.45) is 0 Å². The third-order valence-electron chi connectivity index (χ3n) is 4.56. The SMILES string of the molecule is O=C(COc1ccc(Cl)cc1Cl)Nc1cc(C(F)(F)F)ccc1-n1cnc2ccccc21. The van der Waals surface area contributed by atoms with Crippen LogP contribution >= 0.6 is 23.2 Å². The number of nitrogens with one attached hydrogen (secondary N) is 1. The lowest BCUT2D eigenvalue weighted by atomic mass is 10.1. The normalized spacial score (nSPS) is 11.5. The molecule has 3 aromatic carbocycles. The molecule has 0 unspecified atom stereocenters. The van der Waals surface area contributed by atoms with Crippen LogP contribution < -0.4 is 10.1 Å². The Bertz CT molecular complexity index is 1310. The number of ether oxygens (including phenoxy) is 1. The average Bonchev–Trinajstić information content (AvgIpc) is 3.16. The number of fused-ring (bicyclic) bond motifs is 1. The first-order chi connectivity index (χ1) is 15.2. The standard InChI is InChI=1S/C22H14Cl2F3N3O2/c23-14-6-8-20(15(24)10-14)32-11-21(31)29-17-9-13(22(25,26)27)5-7-19(17)30-12-28-16-3-1-2-4-18(16)30/h1-10,12H,11H2,(H,29,31). The highest BCUT2D eigenvalue weighted by molar-refractivity contribution is 6.35. The van der Waals surface area contributed by atoms with Crippen molar-refractivity contribution in [1.29, 1.82) is 0 Å². The molecular weight excluding hydrogens is 466 g/mol. The first kappa shape index (κ1) is 22.0. The van der Waals surface area contributed by atoms with E-state index in [4.69, 9.17) is 27.9 Å². The lowest BCUT2D eigenvalue weighted by Gasteiger charge is -2.16. The van der Waals surface area contributed by atoms with Crippen molar-refractivity contribution in [3.05, 3.63) is 82.6 Å². The van der Waals surface area contributed by atoms with Crippen LogP contribution in [0.1, 0.15) is 5.56 Å². The summed E-state index contributed by atoms with van der Waals surface area (Å²) >= 11 is 11.8. The first-order valence-electron chi connectivity index (χ1n) is 9.24. The molecule has 0 fully saturated rings. The number of carbonyl (C=O) groups is 1.